The molecule has 4 aromatic rings. The van der Waals surface area contributed by atoms with E-state index >= 15 is 0 Å². The molecule has 1 aromatic heterocycles. The van der Waals surface area contributed by atoms with E-state index in [2.05, 4.69) is 10.9 Å². The van der Waals surface area contributed by atoms with Crippen LogP contribution in [0.2, 0.25) is 0 Å². The lowest BCUT2D eigenvalue weighted by atomic mass is 10.1. The Hall–Kier alpha value is -4.00. The van der Waals surface area contributed by atoms with Crippen molar-refractivity contribution >= 4 is 33.8 Å². The third kappa shape index (κ3) is 4.20. The molecular formula is C23H20N2O5. The Bertz CT molecular complexity index is 1200. The number of hydrazine groups is 1. The molecule has 0 atom stereocenters. The second kappa shape index (κ2) is 8.57. The van der Waals surface area contributed by atoms with Crippen LogP contribution < -0.4 is 20.3 Å². The minimum absolute atomic E-state index is 0.245. The summed E-state index contributed by atoms with van der Waals surface area (Å²) in [5.41, 5.74) is 6.64. The maximum Gasteiger partial charge on any atom is 0.276 e. The van der Waals surface area contributed by atoms with E-state index in [0.717, 1.165) is 21.9 Å². The van der Waals surface area contributed by atoms with Gasteiger partial charge in [0.25, 0.3) is 11.8 Å². The quantitative estimate of drug-likeness (QED) is 0.477. The molecule has 152 valence electrons. The van der Waals surface area contributed by atoms with E-state index in [1.54, 1.807) is 36.4 Å². The van der Waals surface area contributed by atoms with Gasteiger partial charge in [-0.15, -0.1) is 0 Å². The molecule has 1 heterocycles. The van der Waals surface area contributed by atoms with Crippen LogP contribution in [0.15, 0.2) is 71.1 Å². The molecule has 4 rings (SSSR count). The highest BCUT2D eigenvalue weighted by molar-refractivity contribution is 6.05. The molecule has 0 saturated heterocycles. The predicted molar refractivity (Wildman–Crippen MR) is 112 cm³/mol. The first-order valence-electron chi connectivity index (χ1n) is 9.50. The predicted octanol–water partition coefficient (Wildman–Crippen LogP) is 3.82. The zero-order chi connectivity index (χ0) is 20.9. The van der Waals surface area contributed by atoms with Crippen molar-refractivity contribution in [1.29, 1.82) is 0 Å². The van der Waals surface area contributed by atoms with Crippen molar-refractivity contribution in [3.63, 3.8) is 0 Å². The molecular weight excluding hydrogens is 384 g/mol. The zero-order valence-corrected chi connectivity index (χ0v) is 16.3. The molecule has 7 heteroatoms. The fourth-order valence-corrected chi connectivity index (χ4v) is 3.05. The Morgan fingerprint density at radius 2 is 1.57 bits per heavy atom. The lowest BCUT2D eigenvalue weighted by molar-refractivity contribution is -0.123. The minimum atomic E-state index is -0.480. The molecule has 3 aromatic carbocycles. The topological polar surface area (TPSA) is 89.8 Å². The SMILES string of the molecule is CCOc1ccc(C(=O)NNC(=O)COc2ccc3oc4ccccc4c3c2)cc1. The lowest BCUT2D eigenvalue weighted by Crippen LogP contribution is -2.43. The molecule has 2 amide bonds. The summed E-state index contributed by atoms with van der Waals surface area (Å²) in [6.07, 6.45) is 0. The van der Waals surface area contributed by atoms with Gasteiger partial charge >= 0.3 is 0 Å². The number of benzene rings is 3. The normalized spacial score (nSPS) is 10.7. The molecule has 0 radical (unpaired) electrons. The van der Waals surface area contributed by atoms with Gasteiger partial charge in [0.15, 0.2) is 6.61 Å². The van der Waals surface area contributed by atoms with Crippen LogP contribution in [0.25, 0.3) is 21.9 Å². The summed E-state index contributed by atoms with van der Waals surface area (Å²) in [5.74, 6) is 0.292. The first kappa shape index (κ1) is 19.3. The average molecular weight is 404 g/mol. The number of furan rings is 1. The van der Waals surface area contributed by atoms with Crippen LogP contribution in [0.1, 0.15) is 17.3 Å². The summed E-state index contributed by atoms with van der Waals surface area (Å²) < 4.78 is 16.7. The molecule has 0 unspecified atom stereocenters. The maximum atomic E-state index is 12.1. The Balaban J connectivity index is 1.32. The van der Waals surface area contributed by atoms with Crippen LogP contribution in [0.5, 0.6) is 11.5 Å². The third-order valence-electron chi connectivity index (χ3n) is 4.46. The molecule has 2 N–H and O–H groups in total. The van der Waals surface area contributed by atoms with Gasteiger partial charge in [-0.1, -0.05) is 18.2 Å². The number of hydrogen-bond acceptors (Lipinski definition) is 5. The molecule has 0 aliphatic heterocycles. The molecule has 0 bridgehead atoms. The van der Waals surface area contributed by atoms with Crippen molar-refractivity contribution in [3.05, 3.63) is 72.3 Å². The standard InChI is InChI=1S/C23H20N2O5/c1-2-28-16-9-7-15(8-10-16)23(27)25-24-22(26)14-29-17-11-12-21-19(13-17)18-5-3-4-6-20(18)30-21/h3-13H,2,14H2,1H3,(H,24,26)(H,25,27). The van der Waals surface area contributed by atoms with E-state index < -0.39 is 11.8 Å². The van der Waals surface area contributed by atoms with Crippen molar-refractivity contribution in [2.24, 2.45) is 0 Å². The largest absolute Gasteiger partial charge is 0.494 e. The monoisotopic (exact) mass is 404 g/mol. The number of rotatable bonds is 6. The van der Waals surface area contributed by atoms with E-state index in [1.165, 1.54) is 0 Å². The molecule has 30 heavy (non-hydrogen) atoms. The van der Waals surface area contributed by atoms with Gasteiger partial charge in [-0.2, -0.15) is 0 Å². The summed E-state index contributed by atoms with van der Waals surface area (Å²) in [6.45, 7) is 2.18. The van der Waals surface area contributed by atoms with E-state index in [9.17, 15) is 9.59 Å². The fraction of sp³-hybridized carbons (Fsp3) is 0.130. The molecule has 7 nitrogen and oxygen atoms in total. The van der Waals surface area contributed by atoms with Crippen LogP contribution in [0, 0.1) is 0 Å². The van der Waals surface area contributed by atoms with Gasteiger partial charge in [0.2, 0.25) is 0 Å². The van der Waals surface area contributed by atoms with Crippen LogP contribution in [-0.2, 0) is 4.79 Å². The summed E-state index contributed by atoms with van der Waals surface area (Å²) >= 11 is 0. The maximum absolute atomic E-state index is 12.1. The molecule has 0 aliphatic carbocycles. The Labute approximate surface area is 172 Å². The van der Waals surface area contributed by atoms with Crippen LogP contribution >= 0.6 is 0 Å². The second-order valence-corrected chi connectivity index (χ2v) is 6.50. The lowest BCUT2D eigenvalue weighted by Gasteiger charge is -2.09. The first-order chi connectivity index (χ1) is 14.6. The fourth-order valence-electron chi connectivity index (χ4n) is 3.05. The van der Waals surface area contributed by atoms with Gasteiger partial charge in [0, 0.05) is 16.3 Å². The van der Waals surface area contributed by atoms with Gasteiger partial charge in [0.1, 0.15) is 22.7 Å². The molecule has 0 spiro atoms. The van der Waals surface area contributed by atoms with Crippen LogP contribution in [-0.4, -0.2) is 25.0 Å². The highest BCUT2D eigenvalue weighted by Crippen LogP contribution is 2.31. The number of fused-ring (bicyclic) bond motifs is 3. The number of ether oxygens (including phenoxy) is 2. The van der Waals surface area contributed by atoms with Crippen molar-refractivity contribution in [3.8, 4) is 11.5 Å². The molecule has 0 saturated carbocycles. The zero-order valence-electron chi connectivity index (χ0n) is 16.3. The summed E-state index contributed by atoms with van der Waals surface area (Å²) in [4.78, 5) is 24.1. The van der Waals surface area contributed by atoms with Gasteiger partial charge < -0.3 is 13.9 Å². The third-order valence-corrected chi connectivity index (χ3v) is 4.46. The van der Waals surface area contributed by atoms with Crippen molar-refractivity contribution < 1.29 is 23.5 Å². The number of nitrogens with one attached hydrogen (secondary N) is 2. The minimum Gasteiger partial charge on any atom is -0.494 e. The van der Waals surface area contributed by atoms with E-state index in [4.69, 9.17) is 13.9 Å². The van der Waals surface area contributed by atoms with Gasteiger partial charge in [-0.25, -0.2) is 0 Å². The Morgan fingerprint density at radius 1 is 0.833 bits per heavy atom. The van der Waals surface area contributed by atoms with E-state index in [1.807, 2.05) is 37.3 Å². The van der Waals surface area contributed by atoms with Crippen LogP contribution in [0.4, 0.5) is 0 Å². The second-order valence-electron chi connectivity index (χ2n) is 6.50. The van der Waals surface area contributed by atoms with E-state index in [-0.39, 0.29) is 6.61 Å². The molecule has 0 aliphatic rings. The average Bonchev–Trinajstić information content (AvgIpc) is 3.15. The number of para-hydroxylation sites is 1. The number of amides is 2. The van der Waals surface area contributed by atoms with Gasteiger partial charge in [0.05, 0.1) is 6.61 Å². The summed E-state index contributed by atoms with van der Waals surface area (Å²) in [7, 11) is 0. The van der Waals surface area contributed by atoms with Crippen molar-refractivity contribution in [2.45, 2.75) is 6.92 Å². The highest BCUT2D eigenvalue weighted by atomic mass is 16.5. The highest BCUT2D eigenvalue weighted by Gasteiger charge is 2.10. The van der Waals surface area contributed by atoms with Crippen LogP contribution in [0.3, 0.4) is 0 Å². The number of carbonyl (C=O) groups is 2. The van der Waals surface area contributed by atoms with Gasteiger partial charge in [-0.05, 0) is 55.5 Å². The molecule has 0 fully saturated rings. The smallest absolute Gasteiger partial charge is 0.276 e. The number of carbonyl (C=O) groups excluding carboxylic acids is 2. The summed E-state index contributed by atoms with van der Waals surface area (Å²) in [6, 6.07) is 19.7. The van der Waals surface area contributed by atoms with E-state index in [0.29, 0.717) is 23.7 Å². The van der Waals surface area contributed by atoms with Crippen molar-refractivity contribution in [1.82, 2.24) is 10.9 Å². The van der Waals surface area contributed by atoms with Gasteiger partial charge in [-0.3, -0.25) is 20.4 Å². The Kier molecular flexibility index (Phi) is 5.52. The summed E-state index contributed by atoms with van der Waals surface area (Å²) in [5, 5.41) is 1.89. The first-order valence-corrected chi connectivity index (χ1v) is 9.50. The Morgan fingerprint density at radius 3 is 2.37 bits per heavy atom. The van der Waals surface area contributed by atoms with Crippen molar-refractivity contribution in [2.75, 3.05) is 13.2 Å². The number of hydrogen-bond donors (Lipinski definition) is 2.